The van der Waals surface area contributed by atoms with Gasteiger partial charge in [0, 0.05) is 0 Å². The van der Waals surface area contributed by atoms with Crippen molar-refractivity contribution in [2.24, 2.45) is 0 Å². The van der Waals surface area contributed by atoms with Crippen LogP contribution in [0.15, 0.2) is 23.1 Å². The van der Waals surface area contributed by atoms with Gasteiger partial charge in [-0.05, 0) is 28.1 Å². The van der Waals surface area contributed by atoms with Crippen molar-refractivity contribution in [1.29, 1.82) is 0 Å². The van der Waals surface area contributed by atoms with Crippen LogP contribution in [0, 0.1) is 0 Å². The van der Waals surface area contributed by atoms with E-state index >= 15 is 0 Å². The molecule has 0 aromatic carbocycles. The highest BCUT2D eigenvalue weighted by Crippen LogP contribution is 2.19. The average Bonchev–Trinajstić information content (AvgIpc) is 2.35. The highest BCUT2D eigenvalue weighted by molar-refractivity contribution is 9.10. The molecule has 0 aliphatic heterocycles. The van der Waals surface area contributed by atoms with Gasteiger partial charge >= 0.3 is 0 Å². The Labute approximate surface area is 76.1 Å². The van der Waals surface area contributed by atoms with E-state index in [1.807, 2.05) is 16.5 Å². The second kappa shape index (κ2) is 2.46. The molecule has 0 unspecified atom stereocenters. The van der Waals surface area contributed by atoms with Crippen LogP contribution in [0.25, 0.3) is 5.52 Å². The molecule has 2 rings (SSSR count). The van der Waals surface area contributed by atoms with E-state index < -0.39 is 0 Å². The third kappa shape index (κ3) is 1.02. The van der Waals surface area contributed by atoms with Crippen molar-refractivity contribution in [2.45, 2.75) is 0 Å². The zero-order valence-corrected chi connectivity index (χ0v) is 7.67. The first-order valence-corrected chi connectivity index (χ1v) is 4.10. The maximum absolute atomic E-state index is 5.76. The quantitative estimate of drug-likeness (QED) is 0.697. The molecule has 0 atom stereocenters. The van der Waals surface area contributed by atoms with Gasteiger partial charge < -0.3 is 0 Å². The Morgan fingerprint density at radius 2 is 2.27 bits per heavy atom. The molecule has 3 nitrogen and oxygen atoms in total. The first-order chi connectivity index (χ1) is 5.29. The SMILES string of the molecule is Clc1nncn2c(Br)ccc12. The number of rotatable bonds is 0. The second-order valence-corrected chi connectivity index (χ2v) is 3.20. The van der Waals surface area contributed by atoms with Gasteiger partial charge in [0.15, 0.2) is 5.15 Å². The lowest BCUT2D eigenvalue weighted by Gasteiger charge is -1.94. The number of fused-ring (bicyclic) bond motifs is 1. The van der Waals surface area contributed by atoms with Crippen molar-refractivity contribution in [3.63, 3.8) is 0 Å². The van der Waals surface area contributed by atoms with E-state index in [2.05, 4.69) is 26.1 Å². The van der Waals surface area contributed by atoms with Gasteiger partial charge in [-0.25, -0.2) is 0 Å². The van der Waals surface area contributed by atoms with Gasteiger partial charge in [0.25, 0.3) is 0 Å². The lowest BCUT2D eigenvalue weighted by Crippen LogP contribution is -1.90. The summed E-state index contributed by atoms with van der Waals surface area (Å²) in [6, 6.07) is 3.77. The van der Waals surface area contributed by atoms with Gasteiger partial charge in [-0.1, -0.05) is 11.6 Å². The number of halogens is 2. The monoisotopic (exact) mass is 231 g/mol. The summed E-state index contributed by atoms with van der Waals surface area (Å²) < 4.78 is 2.74. The van der Waals surface area contributed by atoms with Crippen LogP contribution in [0.4, 0.5) is 0 Å². The fourth-order valence-electron chi connectivity index (χ4n) is 0.888. The van der Waals surface area contributed by atoms with Crippen molar-refractivity contribution in [1.82, 2.24) is 14.6 Å². The molecule has 2 aromatic heterocycles. The van der Waals surface area contributed by atoms with E-state index in [0.29, 0.717) is 5.15 Å². The number of hydrogen-bond acceptors (Lipinski definition) is 2. The van der Waals surface area contributed by atoms with Gasteiger partial charge in [-0.2, -0.15) is 0 Å². The molecule has 0 aliphatic carbocycles. The molecular weight excluding hydrogens is 229 g/mol. The van der Waals surface area contributed by atoms with Crippen LogP contribution in [0.2, 0.25) is 5.15 Å². The molecule has 0 N–H and O–H groups in total. The second-order valence-electron chi connectivity index (χ2n) is 2.03. The molecule has 2 heterocycles. The summed E-state index contributed by atoms with van der Waals surface area (Å²) in [6.45, 7) is 0. The summed E-state index contributed by atoms with van der Waals surface area (Å²) in [5, 5.41) is 7.81. The molecule has 56 valence electrons. The van der Waals surface area contributed by atoms with Crippen LogP contribution >= 0.6 is 27.5 Å². The minimum absolute atomic E-state index is 0.415. The Kier molecular flexibility index (Phi) is 1.58. The Bertz CT molecular complexity index is 398. The van der Waals surface area contributed by atoms with E-state index in [-0.39, 0.29) is 0 Å². The first-order valence-electron chi connectivity index (χ1n) is 2.93. The molecule has 0 amide bonds. The lowest BCUT2D eigenvalue weighted by molar-refractivity contribution is 0.941. The number of hydrogen-bond donors (Lipinski definition) is 0. The van der Waals surface area contributed by atoms with E-state index in [1.165, 1.54) is 0 Å². The molecule has 0 radical (unpaired) electrons. The third-order valence-electron chi connectivity index (χ3n) is 1.39. The van der Waals surface area contributed by atoms with Gasteiger partial charge in [-0.3, -0.25) is 4.40 Å². The van der Waals surface area contributed by atoms with Gasteiger partial charge in [0.1, 0.15) is 6.33 Å². The van der Waals surface area contributed by atoms with Crippen molar-refractivity contribution >= 4 is 33.0 Å². The van der Waals surface area contributed by atoms with Gasteiger partial charge in [0.2, 0.25) is 0 Å². The van der Waals surface area contributed by atoms with Crippen LogP contribution in [-0.2, 0) is 0 Å². The molecule has 0 aliphatic rings. The minimum atomic E-state index is 0.415. The minimum Gasteiger partial charge on any atom is -0.290 e. The highest BCUT2D eigenvalue weighted by Gasteiger charge is 2.02. The number of aromatic nitrogens is 3. The fourth-order valence-corrected chi connectivity index (χ4v) is 1.50. The van der Waals surface area contributed by atoms with Crippen molar-refractivity contribution in [3.05, 3.63) is 28.2 Å². The van der Waals surface area contributed by atoms with E-state index in [1.54, 1.807) is 6.33 Å². The molecule has 5 heteroatoms. The Balaban J connectivity index is 2.94. The summed E-state index contributed by atoms with van der Waals surface area (Å²) in [5.41, 5.74) is 0.855. The van der Waals surface area contributed by atoms with E-state index in [4.69, 9.17) is 11.6 Å². The zero-order chi connectivity index (χ0) is 7.84. The van der Waals surface area contributed by atoms with Gasteiger partial charge in [-0.15, -0.1) is 10.2 Å². The Morgan fingerprint density at radius 3 is 3.00 bits per heavy atom. The normalized spacial score (nSPS) is 10.7. The van der Waals surface area contributed by atoms with E-state index in [0.717, 1.165) is 10.1 Å². The van der Waals surface area contributed by atoms with Crippen LogP contribution < -0.4 is 0 Å². The first kappa shape index (κ1) is 7.06. The summed E-state index contributed by atoms with van der Waals surface area (Å²) >= 11 is 9.09. The molecule has 0 bridgehead atoms. The summed E-state index contributed by atoms with van der Waals surface area (Å²) in [7, 11) is 0. The van der Waals surface area contributed by atoms with Crippen LogP contribution in [0.5, 0.6) is 0 Å². The van der Waals surface area contributed by atoms with Crippen molar-refractivity contribution in [2.75, 3.05) is 0 Å². The van der Waals surface area contributed by atoms with Gasteiger partial charge in [0.05, 0.1) is 10.1 Å². The van der Waals surface area contributed by atoms with Crippen molar-refractivity contribution in [3.8, 4) is 0 Å². The summed E-state index contributed by atoms with van der Waals surface area (Å²) in [5.74, 6) is 0. The molecule has 2 aromatic rings. The van der Waals surface area contributed by atoms with Crippen LogP contribution in [0.3, 0.4) is 0 Å². The topological polar surface area (TPSA) is 30.2 Å². The fraction of sp³-hybridized carbons (Fsp3) is 0. The average molecular weight is 232 g/mol. The summed E-state index contributed by atoms with van der Waals surface area (Å²) in [4.78, 5) is 0. The largest absolute Gasteiger partial charge is 0.290 e. The highest BCUT2D eigenvalue weighted by atomic mass is 79.9. The standard InChI is InChI=1S/C6H3BrClN3/c7-5-2-1-4-6(8)10-9-3-11(4)5/h1-3H. The summed E-state index contributed by atoms with van der Waals surface area (Å²) in [6.07, 6.45) is 1.60. The van der Waals surface area contributed by atoms with E-state index in [9.17, 15) is 0 Å². The molecule has 0 spiro atoms. The van der Waals surface area contributed by atoms with Crippen LogP contribution in [0.1, 0.15) is 0 Å². The molecule has 0 fully saturated rings. The molecular formula is C6H3BrClN3. The maximum atomic E-state index is 5.76. The predicted molar refractivity (Wildman–Crippen MR) is 45.7 cm³/mol. The van der Waals surface area contributed by atoms with Crippen molar-refractivity contribution < 1.29 is 0 Å². The lowest BCUT2D eigenvalue weighted by atomic mass is 10.5. The third-order valence-corrected chi connectivity index (χ3v) is 2.31. The maximum Gasteiger partial charge on any atom is 0.175 e. The zero-order valence-electron chi connectivity index (χ0n) is 5.33. The van der Waals surface area contributed by atoms with Crippen LogP contribution in [-0.4, -0.2) is 14.6 Å². The predicted octanol–water partition coefficient (Wildman–Crippen LogP) is 2.15. The molecule has 0 saturated carbocycles. The molecule has 11 heavy (non-hydrogen) atoms. The Hall–Kier alpha value is -0.610. The molecule has 0 saturated heterocycles. The Morgan fingerprint density at radius 1 is 1.45 bits per heavy atom. The smallest absolute Gasteiger partial charge is 0.175 e. The number of nitrogens with zero attached hydrogens (tertiary/aromatic N) is 3.